The highest BCUT2D eigenvalue weighted by molar-refractivity contribution is 7.99. The Bertz CT molecular complexity index is 359. The number of carbonyl (C=O) groups excluding carboxylic acids is 1. The van der Waals surface area contributed by atoms with Crippen LogP contribution in [0.5, 0.6) is 0 Å². The summed E-state index contributed by atoms with van der Waals surface area (Å²) in [6, 6.07) is 0.283. The molecule has 1 aromatic heterocycles. The van der Waals surface area contributed by atoms with Crippen LogP contribution in [0.3, 0.4) is 0 Å². The molecule has 1 atom stereocenters. The molecule has 1 aliphatic heterocycles. The van der Waals surface area contributed by atoms with Gasteiger partial charge in [-0.2, -0.15) is 11.8 Å². The van der Waals surface area contributed by atoms with Crippen molar-refractivity contribution in [2.45, 2.75) is 32.2 Å². The van der Waals surface area contributed by atoms with Gasteiger partial charge in [-0.15, -0.1) is 5.10 Å². The summed E-state index contributed by atoms with van der Waals surface area (Å²) < 4.78 is 0. The van der Waals surface area contributed by atoms with E-state index < -0.39 is 0 Å². The molecule has 5 nitrogen and oxygen atoms in total. The average molecular weight is 240 g/mol. The number of hydrogen-bond donors (Lipinski definition) is 2. The zero-order valence-corrected chi connectivity index (χ0v) is 10.1. The van der Waals surface area contributed by atoms with Gasteiger partial charge < -0.3 is 5.32 Å². The summed E-state index contributed by atoms with van der Waals surface area (Å²) in [5, 5.41) is 9.65. The van der Waals surface area contributed by atoms with E-state index >= 15 is 0 Å². The molecule has 0 spiro atoms. The van der Waals surface area contributed by atoms with Gasteiger partial charge in [0.25, 0.3) is 5.91 Å². The number of aromatic nitrogens is 3. The molecule has 1 aromatic rings. The van der Waals surface area contributed by atoms with Crippen LogP contribution < -0.4 is 5.32 Å². The fraction of sp³-hybridized carbons (Fsp3) is 0.700. The number of H-pyrrole nitrogens is 1. The largest absolute Gasteiger partial charge is 0.346 e. The first-order valence-corrected chi connectivity index (χ1v) is 6.75. The van der Waals surface area contributed by atoms with E-state index in [1.165, 1.54) is 0 Å². The highest BCUT2D eigenvalue weighted by Gasteiger charge is 2.20. The second-order valence-corrected chi connectivity index (χ2v) is 5.04. The lowest BCUT2D eigenvalue weighted by molar-refractivity contribution is 0.0931. The quantitative estimate of drug-likeness (QED) is 0.823. The van der Waals surface area contributed by atoms with Crippen molar-refractivity contribution in [1.82, 2.24) is 20.5 Å². The van der Waals surface area contributed by atoms with E-state index in [1.54, 1.807) is 0 Å². The summed E-state index contributed by atoms with van der Waals surface area (Å²) in [5.74, 6) is 3.01. The summed E-state index contributed by atoms with van der Waals surface area (Å²) >= 11 is 1.87. The Labute approximate surface area is 98.8 Å². The van der Waals surface area contributed by atoms with Crippen molar-refractivity contribution in [2.24, 2.45) is 0 Å². The fourth-order valence-electron chi connectivity index (χ4n) is 1.64. The number of nitrogens with zero attached hydrogens (tertiary/aromatic N) is 2. The molecule has 0 aromatic carbocycles. The molecule has 0 radical (unpaired) electrons. The lowest BCUT2D eigenvalue weighted by Crippen LogP contribution is -2.35. The van der Waals surface area contributed by atoms with E-state index in [2.05, 4.69) is 27.4 Å². The predicted octanol–water partition coefficient (Wildman–Crippen LogP) is 0.992. The molecular formula is C10H16N4OS. The summed E-state index contributed by atoms with van der Waals surface area (Å²) in [7, 11) is 0. The van der Waals surface area contributed by atoms with Gasteiger partial charge in [-0.3, -0.25) is 9.89 Å². The Morgan fingerprint density at radius 3 is 3.25 bits per heavy atom. The first kappa shape index (κ1) is 11.4. The smallest absolute Gasteiger partial charge is 0.291 e. The molecule has 1 saturated heterocycles. The van der Waals surface area contributed by atoms with E-state index in [9.17, 15) is 4.79 Å². The van der Waals surface area contributed by atoms with Gasteiger partial charge in [0.2, 0.25) is 5.82 Å². The Morgan fingerprint density at radius 1 is 1.69 bits per heavy atom. The predicted molar refractivity (Wildman–Crippen MR) is 63.6 cm³/mol. The first-order chi connectivity index (χ1) is 7.79. The Hall–Kier alpha value is -1.04. The number of hydrogen-bond acceptors (Lipinski definition) is 4. The Balaban J connectivity index is 1.91. The third kappa shape index (κ3) is 2.75. The van der Waals surface area contributed by atoms with E-state index in [-0.39, 0.29) is 17.8 Å². The van der Waals surface area contributed by atoms with Crippen molar-refractivity contribution < 1.29 is 4.79 Å². The van der Waals surface area contributed by atoms with Crippen LogP contribution in [-0.2, 0) is 6.42 Å². The van der Waals surface area contributed by atoms with Crippen LogP contribution in [-0.4, -0.2) is 38.6 Å². The van der Waals surface area contributed by atoms with Crippen LogP contribution in [0.1, 0.15) is 36.2 Å². The van der Waals surface area contributed by atoms with E-state index in [0.717, 1.165) is 36.6 Å². The lowest BCUT2D eigenvalue weighted by atomic mass is 10.2. The van der Waals surface area contributed by atoms with Gasteiger partial charge in [-0.05, 0) is 18.6 Å². The lowest BCUT2D eigenvalue weighted by Gasteiger charge is -2.08. The van der Waals surface area contributed by atoms with Crippen molar-refractivity contribution in [3.63, 3.8) is 0 Å². The third-order valence-corrected chi connectivity index (χ3v) is 3.65. The zero-order chi connectivity index (χ0) is 11.4. The molecule has 2 N–H and O–H groups in total. The summed E-state index contributed by atoms with van der Waals surface area (Å²) in [4.78, 5) is 15.9. The summed E-state index contributed by atoms with van der Waals surface area (Å²) in [5.41, 5.74) is 0. The highest BCUT2D eigenvalue weighted by Crippen LogP contribution is 2.17. The number of carbonyl (C=O) groups is 1. The number of aromatic amines is 1. The minimum atomic E-state index is -0.161. The third-order valence-electron chi connectivity index (χ3n) is 2.49. The molecular weight excluding hydrogens is 224 g/mol. The number of amides is 1. The van der Waals surface area contributed by atoms with Crippen LogP contribution in [0.4, 0.5) is 0 Å². The number of thioether (sulfide) groups is 1. The number of aryl methyl sites for hydroxylation is 1. The Morgan fingerprint density at radius 2 is 2.56 bits per heavy atom. The SMILES string of the molecule is CCCc1nc(C(=O)NC2CCSC2)n[nH]1. The number of rotatable bonds is 4. The molecule has 2 rings (SSSR count). The maximum Gasteiger partial charge on any atom is 0.291 e. The number of nitrogens with one attached hydrogen (secondary N) is 2. The normalized spacial score (nSPS) is 19.9. The maximum absolute atomic E-state index is 11.8. The van der Waals surface area contributed by atoms with E-state index in [1.807, 2.05) is 11.8 Å². The van der Waals surface area contributed by atoms with Crippen LogP contribution in [0, 0.1) is 0 Å². The van der Waals surface area contributed by atoms with Gasteiger partial charge in [-0.25, -0.2) is 4.98 Å². The van der Waals surface area contributed by atoms with Crippen LogP contribution in [0.15, 0.2) is 0 Å². The summed E-state index contributed by atoms with van der Waals surface area (Å²) in [6.07, 6.45) is 2.87. The Kier molecular flexibility index (Phi) is 3.82. The van der Waals surface area contributed by atoms with Gasteiger partial charge in [0.1, 0.15) is 5.82 Å². The molecule has 1 amide bonds. The highest BCUT2D eigenvalue weighted by atomic mass is 32.2. The molecule has 1 unspecified atom stereocenters. The zero-order valence-electron chi connectivity index (χ0n) is 9.32. The molecule has 2 heterocycles. The van der Waals surface area contributed by atoms with Gasteiger partial charge in [0.05, 0.1) is 0 Å². The van der Waals surface area contributed by atoms with Gasteiger partial charge in [0.15, 0.2) is 0 Å². The molecule has 16 heavy (non-hydrogen) atoms. The average Bonchev–Trinajstić information content (AvgIpc) is 2.89. The van der Waals surface area contributed by atoms with Gasteiger partial charge >= 0.3 is 0 Å². The summed E-state index contributed by atoms with van der Waals surface area (Å²) in [6.45, 7) is 2.07. The van der Waals surface area contributed by atoms with Crippen molar-refractivity contribution >= 4 is 17.7 Å². The van der Waals surface area contributed by atoms with E-state index in [4.69, 9.17) is 0 Å². The molecule has 6 heteroatoms. The molecule has 1 aliphatic rings. The van der Waals surface area contributed by atoms with Crippen molar-refractivity contribution in [3.8, 4) is 0 Å². The minimum Gasteiger partial charge on any atom is -0.346 e. The molecule has 88 valence electrons. The molecule has 1 fully saturated rings. The first-order valence-electron chi connectivity index (χ1n) is 5.59. The minimum absolute atomic E-state index is 0.161. The van der Waals surface area contributed by atoms with Crippen LogP contribution >= 0.6 is 11.8 Å². The van der Waals surface area contributed by atoms with Gasteiger partial charge in [-0.1, -0.05) is 6.92 Å². The van der Waals surface area contributed by atoms with Gasteiger partial charge in [0, 0.05) is 18.2 Å². The van der Waals surface area contributed by atoms with Crippen LogP contribution in [0.25, 0.3) is 0 Å². The van der Waals surface area contributed by atoms with Crippen molar-refractivity contribution in [2.75, 3.05) is 11.5 Å². The van der Waals surface area contributed by atoms with Crippen molar-refractivity contribution in [1.29, 1.82) is 0 Å². The second kappa shape index (κ2) is 5.34. The topological polar surface area (TPSA) is 70.7 Å². The fourth-order valence-corrected chi connectivity index (χ4v) is 2.80. The molecule has 0 bridgehead atoms. The monoisotopic (exact) mass is 240 g/mol. The molecule has 0 saturated carbocycles. The van der Waals surface area contributed by atoms with E-state index in [0.29, 0.717) is 0 Å². The maximum atomic E-state index is 11.8. The van der Waals surface area contributed by atoms with Crippen molar-refractivity contribution in [3.05, 3.63) is 11.6 Å². The second-order valence-electron chi connectivity index (χ2n) is 3.89. The van der Waals surface area contributed by atoms with Crippen LogP contribution in [0.2, 0.25) is 0 Å². The molecule has 0 aliphatic carbocycles. The standard InChI is InChI=1S/C10H16N4OS/c1-2-3-8-12-9(14-13-8)10(15)11-7-4-5-16-6-7/h7H,2-6H2,1H3,(H,11,15)(H,12,13,14).